The normalized spacial score (nSPS) is 17.3. The molecule has 0 aliphatic carbocycles. The highest BCUT2D eigenvalue weighted by molar-refractivity contribution is 6.30. The highest BCUT2D eigenvalue weighted by Crippen LogP contribution is 2.15. The molecule has 0 spiro atoms. The number of ether oxygens (including phenoxy) is 1. The van der Waals surface area contributed by atoms with Crippen molar-refractivity contribution in [2.24, 2.45) is 0 Å². The van der Waals surface area contributed by atoms with Crippen molar-refractivity contribution in [3.8, 4) is 5.75 Å². The summed E-state index contributed by atoms with van der Waals surface area (Å²) in [6, 6.07) is 8.23. The van der Waals surface area contributed by atoms with Gasteiger partial charge in [0.2, 0.25) is 0 Å². The maximum atomic E-state index is 11.4. The van der Waals surface area contributed by atoms with Crippen LogP contribution >= 0.6 is 0 Å². The van der Waals surface area contributed by atoms with Crippen molar-refractivity contribution >= 4 is 11.9 Å². The molecular weight excluding hydrogens is 272 g/mol. The molecule has 0 saturated carbocycles. The van der Waals surface area contributed by atoms with Gasteiger partial charge in [0.1, 0.15) is 17.8 Å². The molecule has 1 atom stereocenters. The number of piperazine rings is 1. The fraction of sp³-hybridized carbons (Fsp3) is 0.467. The molecule has 6 heteroatoms. The molecular formula is C15H20N2O4. The number of hydrogen-bond acceptors (Lipinski definition) is 4. The van der Waals surface area contributed by atoms with Crippen LogP contribution < -0.4 is 14.7 Å². The molecule has 1 amide bonds. The van der Waals surface area contributed by atoms with E-state index in [9.17, 15) is 14.7 Å². The summed E-state index contributed by atoms with van der Waals surface area (Å²) in [5.41, 5.74) is 1.20. The molecule has 1 aromatic rings. The monoisotopic (exact) mass is 292 g/mol. The highest BCUT2D eigenvalue weighted by atomic mass is 16.5. The van der Waals surface area contributed by atoms with Gasteiger partial charge in [-0.15, -0.1) is 0 Å². The first-order valence-electron chi connectivity index (χ1n) is 7.01. The average molecular weight is 292 g/mol. The van der Waals surface area contributed by atoms with Gasteiger partial charge in [-0.3, -0.25) is 4.79 Å². The average Bonchev–Trinajstić information content (AvgIpc) is 2.53. The summed E-state index contributed by atoms with van der Waals surface area (Å²) in [4.78, 5) is 24.6. The van der Waals surface area contributed by atoms with Gasteiger partial charge in [-0.05, 0) is 31.2 Å². The molecule has 1 fully saturated rings. The van der Waals surface area contributed by atoms with E-state index in [0.29, 0.717) is 13.1 Å². The second kappa shape index (κ2) is 6.58. The Hall–Kier alpha value is -2.08. The molecule has 0 bridgehead atoms. The van der Waals surface area contributed by atoms with Gasteiger partial charge in [-0.25, -0.2) is 0 Å². The summed E-state index contributed by atoms with van der Waals surface area (Å²) >= 11 is 0. The SMILES string of the molecule is COc1ccc([C@@H](C)[NH+]2CCN(C(=O)C(=O)[O-])CC2)cc1. The number of carbonyl (C=O) groups excluding carboxylic acids is 2. The molecule has 1 N–H and O–H groups in total. The van der Waals surface area contributed by atoms with Crippen LogP contribution in [0.4, 0.5) is 0 Å². The van der Waals surface area contributed by atoms with E-state index >= 15 is 0 Å². The minimum absolute atomic E-state index is 0.288. The molecule has 0 aromatic heterocycles. The first-order chi connectivity index (χ1) is 10.0. The molecule has 0 radical (unpaired) electrons. The Morgan fingerprint density at radius 1 is 1.24 bits per heavy atom. The number of nitrogens with zero attached hydrogens (tertiary/aromatic N) is 1. The lowest BCUT2D eigenvalue weighted by Crippen LogP contribution is -3.14. The lowest BCUT2D eigenvalue weighted by atomic mass is 10.1. The first kappa shape index (κ1) is 15.3. The maximum Gasteiger partial charge on any atom is 0.269 e. The third-order valence-electron chi connectivity index (χ3n) is 4.10. The number of quaternary nitrogens is 1. The lowest BCUT2D eigenvalue weighted by Gasteiger charge is -2.35. The number of methoxy groups -OCH3 is 1. The zero-order valence-corrected chi connectivity index (χ0v) is 12.3. The van der Waals surface area contributed by atoms with E-state index in [1.807, 2.05) is 24.3 Å². The number of aliphatic carboxylic acids is 1. The van der Waals surface area contributed by atoms with Crippen molar-refractivity contribution in [2.45, 2.75) is 13.0 Å². The Balaban J connectivity index is 1.94. The third kappa shape index (κ3) is 3.52. The zero-order chi connectivity index (χ0) is 15.4. The first-order valence-corrected chi connectivity index (χ1v) is 7.01. The fourth-order valence-corrected chi connectivity index (χ4v) is 2.69. The molecule has 1 aliphatic heterocycles. The van der Waals surface area contributed by atoms with Gasteiger partial charge in [0.15, 0.2) is 0 Å². The second-order valence-electron chi connectivity index (χ2n) is 5.23. The van der Waals surface area contributed by atoms with Crippen LogP contribution in [0.5, 0.6) is 5.75 Å². The van der Waals surface area contributed by atoms with Crippen LogP contribution in [0.15, 0.2) is 24.3 Å². The predicted octanol–water partition coefficient (Wildman–Crippen LogP) is -1.77. The van der Waals surface area contributed by atoms with E-state index in [1.54, 1.807) is 7.11 Å². The summed E-state index contributed by atoms with van der Waals surface area (Å²) in [6.07, 6.45) is 0. The Labute approximate surface area is 123 Å². The number of carbonyl (C=O) groups is 2. The molecule has 1 aliphatic rings. The Morgan fingerprint density at radius 3 is 2.29 bits per heavy atom. The van der Waals surface area contributed by atoms with E-state index < -0.39 is 11.9 Å². The summed E-state index contributed by atoms with van der Waals surface area (Å²) < 4.78 is 5.14. The minimum atomic E-state index is -1.62. The van der Waals surface area contributed by atoms with Gasteiger partial charge in [0, 0.05) is 5.56 Å². The van der Waals surface area contributed by atoms with Gasteiger partial charge in [-0.1, -0.05) is 0 Å². The van der Waals surface area contributed by atoms with Crippen LogP contribution in [0.1, 0.15) is 18.5 Å². The molecule has 6 nitrogen and oxygen atoms in total. The van der Waals surface area contributed by atoms with E-state index in [1.165, 1.54) is 15.4 Å². The fourth-order valence-electron chi connectivity index (χ4n) is 2.69. The van der Waals surface area contributed by atoms with Crippen molar-refractivity contribution in [1.29, 1.82) is 0 Å². The van der Waals surface area contributed by atoms with Crippen LogP contribution in [0, 0.1) is 0 Å². The van der Waals surface area contributed by atoms with Crippen molar-refractivity contribution in [1.82, 2.24) is 4.90 Å². The van der Waals surface area contributed by atoms with Crippen LogP contribution in [-0.4, -0.2) is 50.1 Å². The van der Waals surface area contributed by atoms with E-state index in [2.05, 4.69) is 6.92 Å². The second-order valence-corrected chi connectivity index (χ2v) is 5.23. The zero-order valence-electron chi connectivity index (χ0n) is 12.3. The largest absolute Gasteiger partial charge is 0.540 e. The van der Waals surface area contributed by atoms with Crippen LogP contribution in [0.3, 0.4) is 0 Å². The van der Waals surface area contributed by atoms with E-state index in [0.717, 1.165) is 18.8 Å². The molecule has 1 aromatic carbocycles. The smallest absolute Gasteiger partial charge is 0.269 e. The number of nitrogens with one attached hydrogen (secondary N) is 1. The predicted molar refractivity (Wildman–Crippen MR) is 73.7 cm³/mol. The number of rotatable bonds is 3. The summed E-state index contributed by atoms with van der Waals surface area (Å²) in [7, 11) is 1.64. The Bertz CT molecular complexity index is 507. The van der Waals surface area contributed by atoms with Crippen molar-refractivity contribution in [3.63, 3.8) is 0 Å². The molecule has 1 heterocycles. The number of amides is 1. The van der Waals surface area contributed by atoms with E-state index in [4.69, 9.17) is 4.74 Å². The molecule has 21 heavy (non-hydrogen) atoms. The molecule has 114 valence electrons. The highest BCUT2D eigenvalue weighted by Gasteiger charge is 2.28. The molecule has 0 unspecified atom stereocenters. The van der Waals surface area contributed by atoms with Crippen LogP contribution in [-0.2, 0) is 9.59 Å². The van der Waals surface area contributed by atoms with Crippen molar-refractivity contribution < 1.29 is 24.3 Å². The van der Waals surface area contributed by atoms with Gasteiger partial charge >= 0.3 is 0 Å². The summed E-state index contributed by atoms with van der Waals surface area (Å²) in [6.45, 7) is 4.48. The molecule has 1 saturated heterocycles. The summed E-state index contributed by atoms with van der Waals surface area (Å²) in [5, 5.41) is 10.6. The lowest BCUT2D eigenvalue weighted by molar-refractivity contribution is -0.933. The number of hydrogen-bond donors (Lipinski definition) is 1. The van der Waals surface area contributed by atoms with Gasteiger partial charge < -0.3 is 24.4 Å². The number of carboxylic acids is 1. The third-order valence-corrected chi connectivity index (χ3v) is 4.10. The number of carboxylic acid groups (broad SMARTS) is 1. The Morgan fingerprint density at radius 2 is 1.81 bits per heavy atom. The van der Waals surface area contributed by atoms with Crippen molar-refractivity contribution in [3.05, 3.63) is 29.8 Å². The molecule has 2 rings (SSSR count). The van der Waals surface area contributed by atoms with Gasteiger partial charge in [-0.2, -0.15) is 0 Å². The quantitative estimate of drug-likeness (QED) is 0.669. The Kier molecular flexibility index (Phi) is 4.80. The summed E-state index contributed by atoms with van der Waals surface area (Å²) in [5.74, 6) is -1.71. The maximum absolute atomic E-state index is 11.4. The van der Waals surface area contributed by atoms with Crippen molar-refractivity contribution in [2.75, 3.05) is 33.3 Å². The van der Waals surface area contributed by atoms with Gasteiger partial charge in [0.05, 0.1) is 33.3 Å². The number of benzene rings is 1. The van der Waals surface area contributed by atoms with Crippen LogP contribution in [0.25, 0.3) is 0 Å². The van der Waals surface area contributed by atoms with Gasteiger partial charge in [0.25, 0.3) is 5.91 Å². The van der Waals surface area contributed by atoms with Crippen LogP contribution in [0.2, 0.25) is 0 Å². The standard InChI is InChI=1S/C15H20N2O4/c1-11(12-3-5-13(21-2)6-4-12)16-7-9-17(10-8-16)14(18)15(19)20/h3-6,11H,7-10H2,1-2H3,(H,19,20)/t11-/m1/s1. The minimum Gasteiger partial charge on any atom is -0.540 e. The topological polar surface area (TPSA) is 74.1 Å². The van der Waals surface area contributed by atoms with E-state index in [-0.39, 0.29) is 6.04 Å².